The van der Waals surface area contributed by atoms with Gasteiger partial charge in [0, 0.05) is 17.5 Å². The van der Waals surface area contributed by atoms with E-state index in [0.717, 1.165) is 38.2 Å². The third-order valence-corrected chi connectivity index (χ3v) is 7.59. The van der Waals surface area contributed by atoms with Gasteiger partial charge < -0.3 is 5.32 Å². The maximum Gasteiger partial charge on any atom is 0.435 e. The summed E-state index contributed by atoms with van der Waals surface area (Å²) < 4.78 is 93.2. The van der Waals surface area contributed by atoms with Crippen LogP contribution < -0.4 is 5.32 Å². The fourth-order valence-corrected chi connectivity index (χ4v) is 5.91. The molecule has 178 valence electrons. The molecule has 1 amide bonds. The number of rotatable bonds is 3. The Labute approximate surface area is 181 Å². The van der Waals surface area contributed by atoms with Crippen molar-refractivity contribution >= 4 is 5.91 Å². The molecule has 2 fully saturated rings. The van der Waals surface area contributed by atoms with Gasteiger partial charge in [-0.05, 0) is 61.5 Å². The highest BCUT2D eigenvalue weighted by atomic mass is 19.4. The van der Waals surface area contributed by atoms with Gasteiger partial charge in [-0.25, -0.2) is 4.39 Å². The lowest BCUT2D eigenvalue weighted by Crippen LogP contribution is -2.50. The molecule has 1 N–H and O–H groups in total. The number of hydrogen-bond donors (Lipinski definition) is 1. The predicted octanol–water partition coefficient (Wildman–Crippen LogP) is 6.48. The van der Waals surface area contributed by atoms with Crippen LogP contribution in [0.25, 0.3) is 0 Å². The van der Waals surface area contributed by atoms with E-state index in [4.69, 9.17) is 0 Å². The molecule has 0 aliphatic heterocycles. The van der Waals surface area contributed by atoms with Gasteiger partial charge in [0.1, 0.15) is 0 Å². The van der Waals surface area contributed by atoms with E-state index >= 15 is 0 Å². The van der Waals surface area contributed by atoms with Crippen LogP contribution in [-0.4, -0.2) is 24.3 Å². The molecule has 0 heterocycles. The second kappa shape index (κ2) is 8.20. The number of fused-ring (bicyclic) bond motifs is 3. The zero-order chi connectivity index (χ0) is 23.3. The monoisotopic (exact) mass is 465 g/mol. The molecule has 0 radical (unpaired) electrons. The highest BCUT2D eigenvalue weighted by Gasteiger charge is 2.73. The Morgan fingerprint density at radius 2 is 1.50 bits per heavy atom. The topological polar surface area (TPSA) is 29.1 Å². The third-order valence-electron chi connectivity index (χ3n) is 7.59. The van der Waals surface area contributed by atoms with E-state index in [-0.39, 0.29) is 36.1 Å². The van der Waals surface area contributed by atoms with E-state index < -0.39 is 23.6 Å². The molecule has 0 saturated heterocycles. The van der Waals surface area contributed by atoms with E-state index in [1.165, 1.54) is 6.07 Å². The number of amides is 1. The second-order valence-corrected chi connectivity index (χ2v) is 9.40. The van der Waals surface area contributed by atoms with Gasteiger partial charge in [-0.15, -0.1) is 0 Å². The lowest BCUT2D eigenvalue weighted by atomic mass is 9.74. The number of carbonyl (C=O) groups excluding carboxylic acids is 1. The molecule has 2 saturated carbocycles. The van der Waals surface area contributed by atoms with Crippen molar-refractivity contribution in [2.24, 2.45) is 11.8 Å². The number of carbonyl (C=O) groups is 1. The van der Waals surface area contributed by atoms with Gasteiger partial charge in [-0.2, -0.15) is 26.3 Å². The fourth-order valence-electron chi connectivity index (χ4n) is 5.91. The summed E-state index contributed by atoms with van der Waals surface area (Å²) in [6, 6.07) is 2.53. The first-order valence-electron chi connectivity index (χ1n) is 11.2. The Hall–Kier alpha value is -1.80. The lowest BCUT2D eigenvalue weighted by Gasteiger charge is -2.35. The lowest BCUT2D eigenvalue weighted by molar-refractivity contribution is -0.348. The number of benzene rings is 1. The Morgan fingerprint density at radius 1 is 0.844 bits per heavy atom. The number of hydrogen-bond acceptors (Lipinski definition) is 1. The van der Waals surface area contributed by atoms with Crippen molar-refractivity contribution in [1.82, 2.24) is 5.32 Å². The quantitative estimate of drug-likeness (QED) is 0.509. The van der Waals surface area contributed by atoms with Gasteiger partial charge in [0.05, 0.1) is 0 Å². The van der Waals surface area contributed by atoms with E-state index in [1.807, 2.05) is 0 Å². The molecular formula is C23H26F7NO. The number of nitrogens with one attached hydrogen (secondary N) is 1. The molecular weight excluding hydrogens is 439 g/mol. The Morgan fingerprint density at radius 3 is 2.12 bits per heavy atom. The van der Waals surface area contributed by atoms with Crippen LogP contribution in [0.2, 0.25) is 0 Å². The standard InChI is InChI=1S/C23H26F7NO/c24-21(22(25,26)27,23(28,29)30)15-7-9-16-14(12-15)6-8-18-17(16)10-11-19(18)31-20(32)13-4-2-1-3-5-13/h7,9,12-13,17-19H,1-6,8,10-11H2,(H,31,32)/t17-,18+,19+/m0/s1. The summed E-state index contributed by atoms with van der Waals surface area (Å²) in [4.78, 5) is 12.7. The van der Waals surface area contributed by atoms with Crippen LogP contribution in [0.5, 0.6) is 0 Å². The molecule has 4 rings (SSSR count). The molecule has 0 spiro atoms. The summed E-state index contributed by atoms with van der Waals surface area (Å²) in [5.41, 5.74) is -5.82. The summed E-state index contributed by atoms with van der Waals surface area (Å²) in [6.45, 7) is 0. The highest BCUT2D eigenvalue weighted by molar-refractivity contribution is 5.79. The second-order valence-electron chi connectivity index (χ2n) is 9.40. The Kier molecular flexibility index (Phi) is 5.99. The van der Waals surface area contributed by atoms with Gasteiger partial charge in [-0.1, -0.05) is 37.5 Å². The SMILES string of the molecule is O=C(N[C@@H]1CC[C@H]2c3ccc(C(F)(C(F)(F)F)C(F)(F)F)cc3CC[C@@H]12)C1CCCCC1. The largest absolute Gasteiger partial charge is 0.435 e. The first-order chi connectivity index (χ1) is 14.9. The zero-order valence-corrected chi connectivity index (χ0v) is 17.5. The van der Waals surface area contributed by atoms with Crippen LogP contribution >= 0.6 is 0 Å². The molecule has 9 heteroatoms. The van der Waals surface area contributed by atoms with Crippen LogP contribution in [0, 0.1) is 11.8 Å². The van der Waals surface area contributed by atoms with E-state index in [9.17, 15) is 35.5 Å². The highest BCUT2D eigenvalue weighted by Crippen LogP contribution is 2.54. The molecule has 3 aliphatic carbocycles. The van der Waals surface area contributed by atoms with Gasteiger partial charge >= 0.3 is 18.0 Å². The van der Waals surface area contributed by atoms with E-state index in [2.05, 4.69) is 5.32 Å². The molecule has 0 aromatic heterocycles. The summed E-state index contributed by atoms with van der Waals surface area (Å²) in [5.74, 6) is 0.0919. The maximum absolute atomic E-state index is 14.5. The van der Waals surface area contributed by atoms with Crippen LogP contribution in [0.1, 0.15) is 74.0 Å². The third kappa shape index (κ3) is 3.89. The number of aryl methyl sites for hydroxylation is 1. The average molecular weight is 465 g/mol. The van der Waals surface area contributed by atoms with Crippen molar-refractivity contribution < 1.29 is 35.5 Å². The van der Waals surface area contributed by atoms with Crippen LogP contribution in [0.4, 0.5) is 30.7 Å². The molecule has 32 heavy (non-hydrogen) atoms. The van der Waals surface area contributed by atoms with Gasteiger partial charge in [0.2, 0.25) is 5.91 Å². The van der Waals surface area contributed by atoms with Gasteiger partial charge in [0.25, 0.3) is 0 Å². The minimum atomic E-state index is -6.11. The first kappa shape index (κ1) is 23.4. The van der Waals surface area contributed by atoms with E-state index in [1.54, 1.807) is 0 Å². The summed E-state index contributed by atoms with van der Waals surface area (Å²) >= 11 is 0. The normalized spacial score (nSPS) is 27.0. The number of alkyl halides is 7. The molecule has 1 aromatic carbocycles. The summed E-state index contributed by atoms with van der Waals surface area (Å²) in [6.07, 6.45) is -5.06. The van der Waals surface area contributed by atoms with Gasteiger partial charge in [0.15, 0.2) is 0 Å². The summed E-state index contributed by atoms with van der Waals surface area (Å²) in [7, 11) is 0. The van der Waals surface area contributed by atoms with Crippen LogP contribution in [0.15, 0.2) is 18.2 Å². The molecule has 2 nitrogen and oxygen atoms in total. The molecule has 3 atom stereocenters. The summed E-state index contributed by atoms with van der Waals surface area (Å²) in [5, 5.41) is 3.16. The minimum absolute atomic E-state index is 0.0173. The molecule has 0 unspecified atom stereocenters. The molecule has 1 aromatic rings. The fraction of sp³-hybridized carbons (Fsp3) is 0.696. The first-order valence-corrected chi connectivity index (χ1v) is 11.2. The van der Waals surface area contributed by atoms with E-state index in [0.29, 0.717) is 36.5 Å². The minimum Gasteiger partial charge on any atom is -0.353 e. The predicted molar refractivity (Wildman–Crippen MR) is 104 cm³/mol. The van der Waals surface area contributed by atoms with Crippen LogP contribution in [-0.2, 0) is 16.9 Å². The smallest absolute Gasteiger partial charge is 0.353 e. The van der Waals surface area contributed by atoms with Crippen molar-refractivity contribution in [3.63, 3.8) is 0 Å². The van der Waals surface area contributed by atoms with Crippen molar-refractivity contribution in [3.05, 3.63) is 34.9 Å². The van der Waals surface area contributed by atoms with Crippen LogP contribution in [0.3, 0.4) is 0 Å². The van der Waals surface area contributed by atoms with Gasteiger partial charge in [-0.3, -0.25) is 4.79 Å². The Bertz CT molecular complexity index is 843. The number of halogens is 7. The maximum atomic E-state index is 14.5. The zero-order valence-electron chi connectivity index (χ0n) is 17.5. The molecule has 3 aliphatic rings. The molecule has 0 bridgehead atoms. The average Bonchev–Trinajstić information content (AvgIpc) is 3.14. The Balaban J connectivity index is 1.54. The van der Waals surface area contributed by atoms with Crippen molar-refractivity contribution in [2.75, 3.05) is 0 Å². The van der Waals surface area contributed by atoms with Crippen molar-refractivity contribution in [1.29, 1.82) is 0 Å². The van der Waals surface area contributed by atoms with Crippen molar-refractivity contribution in [2.45, 2.75) is 87.8 Å². The van der Waals surface area contributed by atoms with Crippen molar-refractivity contribution in [3.8, 4) is 0 Å².